The molecular formula is C26H34FN5O2. The van der Waals surface area contributed by atoms with E-state index in [-0.39, 0.29) is 17.6 Å². The number of nitrogens with one attached hydrogen (secondary N) is 1. The molecule has 1 amide bonds. The maximum absolute atomic E-state index is 14.3. The predicted molar refractivity (Wildman–Crippen MR) is 128 cm³/mol. The summed E-state index contributed by atoms with van der Waals surface area (Å²) < 4.78 is 14.3. The molecule has 1 saturated carbocycles. The molecule has 2 aliphatic carbocycles. The number of carbonyl (C=O) groups is 1. The van der Waals surface area contributed by atoms with E-state index in [0.717, 1.165) is 29.2 Å². The van der Waals surface area contributed by atoms with E-state index in [9.17, 15) is 14.3 Å². The summed E-state index contributed by atoms with van der Waals surface area (Å²) in [4.78, 5) is 26.6. The molecule has 34 heavy (non-hydrogen) atoms. The zero-order chi connectivity index (χ0) is 23.8. The van der Waals surface area contributed by atoms with Crippen molar-refractivity contribution in [3.8, 4) is 0 Å². The number of benzene rings is 1. The summed E-state index contributed by atoms with van der Waals surface area (Å²) >= 11 is 0. The number of hydrogen-bond acceptors (Lipinski definition) is 6. The summed E-state index contributed by atoms with van der Waals surface area (Å²) in [6, 6.07) is 5.16. The average molecular weight is 468 g/mol. The third-order valence-electron chi connectivity index (χ3n) is 7.54. The van der Waals surface area contributed by atoms with Crippen molar-refractivity contribution in [3.63, 3.8) is 0 Å². The maximum Gasteiger partial charge on any atom is 0.231 e. The van der Waals surface area contributed by atoms with Gasteiger partial charge in [-0.05, 0) is 61.8 Å². The van der Waals surface area contributed by atoms with Gasteiger partial charge in [0.1, 0.15) is 18.0 Å². The van der Waals surface area contributed by atoms with Crippen LogP contribution < -0.4 is 10.2 Å². The van der Waals surface area contributed by atoms with Crippen LogP contribution in [0, 0.1) is 18.7 Å². The molecule has 3 aliphatic rings. The number of fused-ring (bicyclic) bond motifs is 1. The largest absolute Gasteiger partial charge is 0.387 e. The second-order valence-corrected chi connectivity index (χ2v) is 10.1. The topological polar surface area (TPSA) is 81.6 Å². The van der Waals surface area contributed by atoms with E-state index in [2.05, 4.69) is 27.1 Å². The molecule has 2 heterocycles. The highest BCUT2D eigenvalue weighted by molar-refractivity contribution is 5.84. The lowest BCUT2D eigenvalue weighted by molar-refractivity contribution is -0.133. The van der Waals surface area contributed by atoms with Crippen molar-refractivity contribution < 1.29 is 14.3 Å². The minimum absolute atomic E-state index is 0.0444. The van der Waals surface area contributed by atoms with Crippen LogP contribution in [0.1, 0.15) is 66.5 Å². The van der Waals surface area contributed by atoms with Crippen molar-refractivity contribution in [2.75, 3.05) is 44.2 Å². The number of piperazine rings is 1. The zero-order valence-electron chi connectivity index (χ0n) is 20.0. The molecule has 1 aromatic heterocycles. The first-order valence-corrected chi connectivity index (χ1v) is 12.5. The van der Waals surface area contributed by atoms with E-state index < -0.39 is 12.0 Å². The van der Waals surface area contributed by atoms with E-state index in [4.69, 9.17) is 0 Å². The number of anilines is 1. The first kappa shape index (κ1) is 23.2. The normalized spacial score (nSPS) is 23.2. The molecular weight excluding hydrogens is 433 g/mol. The van der Waals surface area contributed by atoms with E-state index in [1.165, 1.54) is 25.2 Å². The minimum Gasteiger partial charge on any atom is -0.387 e. The number of aliphatic hydroxyl groups is 1. The minimum atomic E-state index is -0.534. The molecule has 1 aliphatic heterocycles. The monoisotopic (exact) mass is 467 g/mol. The molecule has 0 radical (unpaired) electrons. The van der Waals surface area contributed by atoms with Gasteiger partial charge in [-0.15, -0.1) is 0 Å². The van der Waals surface area contributed by atoms with Crippen LogP contribution in [-0.4, -0.2) is 65.2 Å². The van der Waals surface area contributed by atoms with Gasteiger partial charge in [0.15, 0.2) is 0 Å². The second kappa shape index (κ2) is 9.58. The number of carbonyl (C=O) groups excluding carboxylic acids is 1. The Bertz CT molecular complexity index is 1050. The summed E-state index contributed by atoms with van der Waals surface area (Å²) in [6.45, 7) is 7.78. The van der Waals surface area contributed by atoms with Gasteiger partial charge >= 0.3 is 0 Å². The lowest BCUT2D eigenvalue weighted by Crippen LogP contribution is -2.51. The van der Waals surface area contributed by atoms with E-state index in [1.54, 1.807) is 13.0 Å². The van der Waals surface area contributed by atoms with Crippen LogP contribution >= 0.6 is 0 Å². The molecule has 1 aromatic carbocycles. The molecule has 7 nitrogen and oxygen atoms in total. The molecule has 182 valence electrons. The van der Waals surface area contributed by atoms with Crippen LogP contribution in [0.2, 0.25) is 0 Å². The van der Waals surface area contributed by atoms with Crippen molar-refractivity contribution >= 4 is 11.7 Å². The van der Waals surface area contributed by atoms with Gasteiger partial charge in [0.2, 0.25) is 5.91 Å². The molecule has 8 heteroatoms. The smallest absolute Gasteiger partial charge is 0.231 e. The molecule has 2 aromatic rings. The molecule has 0 bridgehead atoms. The molecule has 0 unspecified atom stereocenters. The molecule has 0 spiro atoms. The third-order valence-corrected chi connectivity index (χ3v) is 7.54. The summed E-state index contributed by atoms with van der Waals surface area (Å²) in [5, 5.41) is 13.8. The van der Waals surface area contributed by atoms with Gasteiger partial charge in [-0.3, -0.25) is 4.79 Å². The molecule has 5 rings (SSSR count). The summed E-state index contributed by atoms with van der Waals surface area (Å²) in [7, 11) is 0. The fourth-order valence-corrected chi connectivity index (χ4v) is 5.24. The van der Waals surface area contributed by atoms with Gasteiger partial charge in [0, 0.05) is 38.3 Å². The van der Waals surface area contributed by atoms with Gasteiger partial charge in [-0.25, -0.2) is 14.4 Å². The van der Waals surface area contributed by atoms with Gasteiger partial charge in [-0.2, -0.15) is 0 Å². The quantitative estimate of drug-likeness (QED) is 0.652. The average Bonchev–Trinajstić information content (AvgIpc) is 3.62. The van der Waals surface area contributed by atoms with E-state index in [1.807, 2.05) is 11.0 Å². The molecule has 2 N–H and O–H groups in total. The number of aryl methyl sites for hydroxylation is 1. The molecule has 2 fully saturated rings. The zero-order valence-corrected chi connectivity index (χ0v) is 20.0. The van der Waals surface area contributed by atoms with Crippen LogP contribution in [0.25, 0.3) is 0 Å². The van der Waals surface area contributed by atoms with Gasteiger partial charge in [0.05, 0.1) is 17.7 Å². The van der Waals surface area contributed by atoms with Crippen molar-refractivity contribution in [2.24, 2.45) is 5.92 Å². The lowest BCUT2D eigenvalue weighted by atomic mass is 9.95. The van der Waals surface area contributed by atoms with Crippen molar-refractivity contribution in [3.05, 3.63) is 52.7 Å². The lowest BCUT2D eigenvalue weighted by Gasteiger charge is -2.38. The fraction of sp³-hybridized carbons (Fsp3) is 0.577. The number of aliphatic hydroxyl groups excluding tert-OH is 1. The Morgan fingerprint density at radius 1 is 1.24 bits per heavy atom. The summed E-state index contributed by atoms with van der Waals surface area (Å²) in [5.41, 5.74) is 3.09. The van der Waals surface area contributed by atoms with Crippen LogP contribution in [0.3, 0.4) is 0 Å². The summed E-state index contributed by atoms with van der Waals surface area (Å²) in [5.74, 6) is 1.17. The van der Waals surface area contributed by atoms with Crippen molar-refractivity contribution in [1.29, 1.82) is 0 Å². The Morgan fingerprint density at radius 2 is 2.00 bits per heavy atom. The number of halogens is 1. The number of nitrogens with zero attached hydrogens (tertiary/aromatic N) is 4. The van der Waals surface area contributed by atoms with Crippen LogP contribution in [0.4, 0.5) is 10.2 Å². The van der Waals surface area contributed by atoms with Crippen LogP contribution in [-0.2, 0) is 4.79 Å². The third kappa shape index (κ3) is 4.66. The Morgan fingerprint density at radius 3 is 2.71 bits per heavy atom. The first-order valence-electron chi connectivity index (χ1n) is 12.5. The van der Waals surface area contributed by atoms with Gasteiger partial charge in [0.25, 0.3) is 0 Å². The number of rotatable bonds is 7. The highest BCUT2D eigenvalue weighted by Crippen LogP contribution is 2.42. The maximum atomic E-state index is 14.3. The Balaban J connectivity index is 1.28. The number of amides is 1. The highest BCUT2D eigenvalue weighted by atomic mass is 19.1. The van der Waals surface area contributed by atoms with E-state index in [0.29, 0.717) is 50.6 Å². The number of hydrogen-bond donors (Lipinski definition) is 2. The molecule has 3 atom stereocenters. The fourth-order valence-electron chi connectivity index (χ4n) is 5.24. The van der Waals surface area contributed by atoms with Gasteiger partial charge in [-0.1, -0.05) is 19.1 Å². The Labute approximate surface area is 200 Å². The second-order valence-electron chi connectivity index (χ2n) is 10.1. The van der Waals surface area contributed by atoms with Crippen LogP contribution in [0.15, 0.2) is 24.5 Å². The Hall–Kier alpha value is -2.58. The SMILES string of the molecule is Cc1ccc([C@@H](CNCC2CC2)C(=O)N2CCN(c3ncnc4c3[C@H](C)C[C@H]4O)CC2)cc1F. The highest BCUT2D eigenvalue weighted by Gasteiger charge is 2.35. The standard InChI is InChI=1S/C26H34FN5O2/c1-16-3-6-19(12-21(16)27)20(14-28-13-18-4-5-18)26(34)32-9-7-31(8-10-32)25-23-17(2)11-22(33)24(23)29-15-30-25/h3,6,12,15,17-18,20,22,28,33H,4-5,7-11,13-14H2,1-2H3/t17-,20-,22-/m1/s1. The van der Waals surface area contributed by atoms with E-state index >= 15 is 0 Å². The number of aromatic nitrogens is 2. The van der Waals surface area contributed by atoms with Crippen molar-refractivity contribution in [1.82, 2.24) is 20.2 Å². The summed E-state index contributed by atoms with van der Waals surface area (Å²) in [6.07, 6.45) is 4.15. The molecule has 1 saturated heterocycles. The van der Waals surface area contributed by atoms with Crippen LogP contribution in [0.5, 0.6) is 0 Å². The Kier molecular flexibility index (Phi) is 6.53. The predicted octanol–water partition coefficient (Wildman–Crippen LogP) is 2.90. The first-order chi connectivity index (χ1) is 16.4. The van der Waals surface area contributed by atoms with Crippen molar-refractivity contribution in [2.45, 2.75) is 51.0 Å². The van der Waals surface area contributed by atoms with Gasteiger partial charge < -0.3 is 20.2 Å².